The predicted octanol–water partition coefficient (Wildman–Crippen LogP) is 4.74. The normalized spacial score (nSPS) is 17.1. The monoisotopic (exact) mass is 486 g/mol. The molecule has 1 aliphatic rings. The van der Waals surface area contributed by atoms with E-state index in [1.165, 1.54) is 10.4 Å². The Bertz CT molecular complexity index is 1360. The van der Waals surface area contributed by atoms with Crippen LogP contribution in [0, 0.1) is 0 Å². The van der Waals surface area contributed by atoms with E-state index in [0.29, 0.717) is 29.4 Å². The van der Waals surface area contributed by atoms with Crippen LogP contribution in [0.25, 0.3) is 22.4 Å². The van der Waals surface area contributed by atoms with Crippen molar-refractivity contribution in [1.82, 2.24) is 14.3 Å². The first kappa shape index (κ1) is 21.1. The van der Waals surface area contributed by atoms with Gasteiger partial charge in [-0.1, -0.05) is 23.7 Å². The first-order valence-corrected chi connectivity index (χ1v) is 12.7. The molecule has 1 amide bonds. The van der Waals surface area contributed by atoms with Gasteiger partial charge in [-0.05, 0) is 61.4 Å². The lowest BCUT2D eigenvalue weighted by Gasteiger charge is -2.22. The van der Waals surface area contributed by atoms with Crippen molar-refractivity contribution >= 4 is 55.6 Å². The molecule has 1 atom stereocenters. The van der Waals surface area contributed by atoms with Crippen molar-refractivity contribution in [2.75, 3.05) is 11.9 Å². The lowest BCUT2D eigenvalue weighted by Crippen LogP contribution is -2.42. The maximum Gasteiger partial charge on any atom is 0.253 e. The number of nitrogens with one attached hydrogen (secondary N) is 2. The van der Waals surface area contributed by atoms with E-state index in [-0.39, 0.29) is 10.1 Å². The highest BCUT2D eigenvalue weighted by molar-refractivity contribution is 7.91. The van der Waals surface area contributed by atoms with Crippen LogP contribution in [0.4, 0.5) is 5.69 Å². The maximum absolute atomic E-state index is 13.0. The molecule has 1 saturated heterocycles. The summed E-state index contributed by atoms with van der Waals surface area (Å²) in [6, 6.07) is 17.4. The summed E-state index contributed by atoms with van der Waals surface area (Å²) in [6.45, 7) is 0.306. The van der Waals surface area contributed by atoms with E-state index in [9.17, 15) is 13.2 Å². The number of aromatic nitrogens is 2. The number of H-pyrrole nitrogens is 1. The average Bonchev–Trinajstić information content (AvgIpc) is 3.53. The number of para-hydroxylation sites is 2. The summed E-state index contributed by atoms with van der Waals surface area (Å²) in [4.78, 5) is 20.8. The number of benzene rings is 2. The van der Waals surface area contributed by atoms with Gasteiger partial charge in [0.15, 0.2) is 0 Å². The molecule has 0 aliphatic carbocycles. The fourth-order valence-corrected chi connectivity index (χ4v) is 7.14. The molecule has 2 aromatic carbocycles. The lowest BCUT2D eigenvalue weighted by molar-refractivity contribution is -0.119. The number of aromatic amines is 1. The number of halogens is 1. The number of fused-ring (bicyclic) bond motifs is 1. The quantitative estimate of drug-likeness (QED) is 0.426. The molecular formula is C22H19ClN4O3S2. The molecule has 5 rings (SSSR count). The van der Waals surface area contributed by atoms with E-state index >= 15 is 0 Å². The number of sulfonamides is 1. The van der Waals surface area contributed by atoms with E-state index in [1.54, 1.807) is 18.2 Å². The van der Waals surface area contributed by atoms with Gasteiger partial charge in [0.05, 0.1) is 15.4 Å². The van der Waals surface area contributed by atoms with Crippen LogP contribution in [-0.4, -0.2) is 41.2 Å². The highest BCUT2D eigenvalue weighted by Gasteiger charge is 2.40. The van der Waals surface area contributed by atoms with Crippen molar-refractivity contribution in [2.24, 2.45) is 0 Å². The predicted molar refractivity (Wildman–Crippen MR) is 126 cm³/mol. The van der Waals surface area contributed by atoms with Crippen LogP contribution >= 0.6 is 22.9 Å². The van der Waals surface area contributed by atoms with Crippen molar-refractivity contribution in [3.63, 3.8) is 0 Å². The molecule has 0 spiro atoms. The minimum atomic E-state index is -3.77. The summed E-state index contributed by atoms with van der Waals surface area (Å²) in [5.41, 5.74) is 3.32. The summed E-state index contributed by atoms with van der Waals surface area (Å²) in [6.07, 6.45) is 1.10. The topological polar surface area (TPSA) is 95.2 Å². The molecule has 3 heterocycles. The zero-order valence-electron chi connectivity index (χ0n) is 16.8. The molecular weight excluding hydrogens is 468 g/mol. The van der Waals surface area contributed by atoms with Crippen LogP contribution in [0.3, 0.4) is 0 Å². The van der Waals surface area contributed by atoms with Gasteiger partial charge in [0, 0.05) is 17.8 Å². The van der Waals surface area contributed by atoms with Gasteiger partial charge in [0.1, 0.15) is 16.1 Å². The van der Waals surface area contributed by atoms with Crippen LogP contribution in [0.2, 0.25) is 4.34 Å². The third-order valence-electron chi connectivity index (χ3n) is 5.43. The van der Waals surface area contributed by atoms with E-state index in [1.807, 2.05) is 36.4 Å². The first-order valence-electron chi connectivity index (χ1n) is 10.0. The number of amides is 1. The Kier molecular flexibility index (Phi) is 5.50. The van der Waals surface area contributed by atoms with Crippen LogP contribution in [0.5, 0.6) is 0 Å². The Morgan fingerprint density at radius 2 is 1.91 bits per heavy atom. The minimum absolute atomic E-state index is 0.150. The highest BCUT2D eigenvalue weighted by Crippen LogP contribution is 2.32. The van der Waals surface area contributed by atoms with Gasteiger partial charge < -0.3 is 10.3 Å². The summed E-state index contributed by atoms with van der Waals surface area (Å²) in [7, 11) is -3.77. The van der Waals surface area contributed by atoms with Gasteiger partial charge in [-0.15, -0.1) is 11.3 Å². The number of imidazole rings is 1. The fraction of sp³-hybridized carbons (Fsp3) is 0.182. The van der Waals surface area contributed by atoms with E-state index < -0.39 is 16.1 Å². The second-order valence-electron chi connectivity index (χ2n) is 7.50. The second kappa shape index (κ2) is 8.32. The van der Waals surface area contributed by atoms with Crippen molar-refractivity contribution in [2.45, 2.75) is 23.1 Å². The van der Waals surface area contributed by atoms with Gasteiger partial charge in [0.25, 0.3) is 10.0 Å². The summed E-state index contributed by atoms with van der Waals surface area (Å²) in [5.74, 6) is 0.400. The smallest absolute Gasteiger partial charge is 0.253 e. The zero-order valence-corrected chi connectivity index (χ0v) is 19.2. The minimum Gasteiger partial charge on any atom is -0.338 e. The van der Waals surface area contributed by atoms with Gasteiger partial charge in [-0.25, -0.2) is 13.4 Å². The molecule has 0 radical (unpaired) electrons. The summed E-state index contributed by atoms with van der Waals surface area (Å²) in [5, 5.41) is 2.85. The lowest BCUT2D eigenvalue weighted by atomic mass is 10.1. The number of carbonyl (C=O) groups excluding carboxylic acids is 1. The average molecular weight is 487 g/mol. The molecule has 7 nitrogen and oxygen atoms in total. The van der Waals surface area contributed by atoms with Crippen LogP contribution in [-0.2, 0) is 14.8 Å². The second-order valence-corrected chi connectivity index (χ2v) is 11.3. The Morgan fingerprint density at radius 3 is 2.62 bits per heavy atom. The number of rotatable bonds is 5. The van der Waals surface area contributed by atoms with E-state index in [0.717, 1.165) is 33.8 Å². The van der Waals surface area contributed by atoms with Crippen molar-refractivity contribution in [1.29, 1.82) is 0 Å². The molecule has 0 unspecified atom stereocenters. The largest absolute Gasteiger partial charge is 0.338 e. The molecule has 164 valence electrons. The Morgan fingerprint density at radius 1 is 1.12 bits per heavy atom. The van der Waals surface area contributed by atoms with Crippen LogP contribution < -0.4 is 5.32 Å². The van der Waals surface area contributed by atoms with Crippen molar-refractivity contribution in [3.8, 4) is 11.4 Å². The fourth-order valence-electron chi connectivity index (χ4n) is 3.87. The Balaban J connectivity index is 1.32. The zero-order chi connectivity index (χ0) is 22.3. The van der Waals surface area contributed by atoms with Crippen molar-refractivity contribution in [3.05, 3.63) is 65.0 Å². The molecule has 0 saturated carbocycles. The number of anilines is 1. The Hall–Kier alpha value is -2.72. The van der Waals surface area contributed by atoms with E-state index in [4.69, 9.17) is 11.6 Å². The number of nitrogens with zero attached hydrogens (tertiary/aromatic N) is 2. The molecule has 1 fully saturated rings. The molecule has 0 bridgehead atoms. The van der Waals surface area contributed by atoms with Crippen LogP contribution in [0.1, 0.15) is 12.8 Å². The highest BCUT2D eigenvalue weighted by atomic mass is 35.5. The molecule has 2 N–H and O–H groups in total. The summed E-state index contributed by atoms with van der Waals surface area (Å²) >= 11 is 6.90. The van der Waals surface area contributed by atoms with E-state index in [2.05, 4.69) is 15.3 Å². The molecule has 32 heavy (non-hydrogen) atoms. The molecule has 10 heteroatoms. The molecule has 4 aromatic rings. The van der Waals surface area contributed by atoms with Crippen molar-refractivity contribution < 1.29 is 13.2 Å². The third kappa shape index (κ3) is 3.93. The number of thiophene rings is 1. The molecule has 1 aliphatic heterocycles. The number of hydrogen-bond acceptors (Lipinski definition) is 5. The molecule has 2 aromatic heterocycles. The van der Waals surface area contributed by atoms with Gasteiger partial charge in [-0.3, -0.25) is 4.79 Å². The SMILES string of the molecule is O=C(Nc1ccc(-c2nc3ccccc3[nH]2)cc1)[C@@H]1CCCN1S(=O)(=O)c1ccc(Cl)s1. The first-order chi connectivity index (χ1) is 15.4. The summed E-state index contributed by atoms with van der Waals surface area (Å²) < 4.78 is 27.8. The van der Waals surface area contributed by atoms with Gasteiger partial charge >= 0.3 is 0 Å². The van der Waals surface area contributed by atoms with Crippen LogP contribution in [0.15, 0.2) is 64.9 Å². The Labute approximate surface area is 194 Å². The maximum atomic E-state index is 13.0. The number of hydrogen-bond donors (Lipinski definition) is 2. The van der Waals surface area contributed by atoms with Gasteiger partial charge in [-0.2, -0.15) is 4.31 Å². The standard InChI is InChI=1S/C22H19ClN4O3S2/c23-19-11-12-20(31-19)32(29,30)27-13-3-6-18(27)22(28)24-15-9-7-14(8-10-15)21-25-16-4-1-2-5-17(16)26-21/h1-2,4-5,7-12,18H,3,6,13H2,(H,24,28)(H,25,26)/t18-/m0/s1. The third-order valence-corrected chi connectivity index (χ3v) is 9.04. The number of carbonyl (C=O) groups is 1. The van der Waals surface area contributed by atoms with Gasteiger partial charge in [0.2, 0.25) is 5.91 Å².